The van der Waals surface area contributed by atoms with E-state index in [1.54, 1.807) is 0 Å². The van der Waals surface area contributed by atoms with E-state index < -0.39 is 0 Å². The smallest absolute Gasteiger partial charge is 0.0628 e. The van der Waals surface area contributed by atoms with Crippen molar-refractivity contribution in [2.45, 2.75) is 18.9 Å². The zero-order valence-electron chi connectivity index (χ0n) is 13.0. The Labute approximate surface area is 142 Å². The molecule has 4 rings (SSSR count). The van der Waals surface area contributed by atoms with Gasteiger partial charge in [0.05, 0.1) is 12.6 Å². The summed E-state index contributed by atoms with van der Waals surface area (Å²) in [6.45, 7) is 2.07. The van der Waals surface area contributed by atoms with Gasteiger partial charge < -0.3 is 5.11 Å². The lowest BCUT2D eigenvalue weighted by Gasteiger charge is -2.35. The number of aliphatic hydroxyl groups is 1. The molecule has 1 aliphatic heterocycles. The first-order valence-electron chi connectivity index (χ1n) is 8.16. The van der Waals surface area contributed by atoms with E-state index in [1.165, 1.54) is 27.8 Å². The predicted octanol–water partition coefficient (Wildman–Crippen LogP) is 4.09. The highest BCUT2D eigenvalue weighted by Crippen LogP contribution is 2.40. The molecule has 1 aliphatic carbocycles. The monoisotopic (exact) mass is 325 g/mol. The lowest BCUT2D eigenvalue weighted by atomic mass is 9.96. The van der Waals surface area contributed by atoms with Crippen LogP contribution in [0.2, 0.25) is 5.02 Å². The zero-order valence-corrected chi connectivity index (χ0v) is 13.8. The van der Waals surface area contributed by atoms with Gasteiger partial charge in [0.25, 0.3) is 0 Å². The molecule has 0 saturated carbocycles. The Morgan fingerprint density at radius 1 is 1.13 bits per heavy atom. The normalized spacial score (nSPS) is 18.7. The molecule has 1 N–H and O–H groups in total. The Bertz CT molecular complexity index is 753. The van der Waals surface area contributed by atoms with Crippen LogP contribution in [-0.2, 0) is 6.42 Å². The van der Waals surface area contributed by atoms with Crippen LogP contribution in [0.25, 0.3) is 5.57 Å². The SMILES string of the molecule is OCC(c1ccccc1)N1CCC2=C(Cc3ccc(Cl)cc32)C1. The number of hydrogen-bond donors (Lipinski definition) is 1. The molecular weight excluding hydrogens is 306 g/mol. The van der Waals surface area contributed by atoms with Crippen LogP contribution < -0.4 is 0 Å². The molecule has 0 saturated heterocycles. The van der Waals surface area contributed by atoms with Crippen LogP contribution in [0.15, 0.2) is 54.1 Å². The number of hydrogen-bond acceptors (Lipinski definition) is 2. The summed E-state index contributed by atoms with van der Waals surface area (Å²) in [5.74, 6) is 0. The topological polar surface area (TPSA) is 23.5 Å². The fourth-order valence-corrected chi connectivity index (χ4v) is 4.10. The molecule has 0 aromatic heterocycles. The van der Waals surface area contributed by atoms with Gasteiger partial charge in [-0.15, -0.1) is 0 Å². The first-order chi connectivity index (χ1) is 11.3. The molecule has 0 spiro atoms. The minimum absolute atomic E-state index is 0.0811. The Balaban J connectivity index is 1.60. The van der Waals surface area contributed by atoms with Gasteiger partial charge in [-0.05, 0) is 52.8 Å². The molecule has 118 valence electrons. The van der Waals surface area contributed by atoms with E-state index in [4.69, 9.17) is 11.6 Å². The second-order valence-electron chi connectivity index (χ2n) is 6.39. The maximum absolute atomic E-state index is 9.91. The summed E-state index contributed by atoms with van der Waals surface area (Å²) < 4.78 is 0. The molecule has 0 amide bonds. The summed E-state index contributed by atoms with van der Waals surface area (Å²) in [4.78, 5) is 2.40. The third kappa shape index (κ3) is 2.72. The predicted molar refractivity (Wildman–Crippen MR) is 94.5 cm³/mol. The Hall–Kier alpha value is -1.61. The fourth-order valence-electron chi connectivity index (χ4n) is 3.93. The van der Waals surface area contributed by atoms with E-state index in [2.05, 4.69) is 29.2 Å². The number of halogens is 1. The standard InChI is InChI=1S/C20H20ClNO/c21-17-7-6-15-10-16-12-22(9-8-18(16)19(15)11-17)20(13-23)14-4-2-1-3-5-14/h1-7,11,20,23H,8-10,12-13H2. The molecule has 0 radical (unpaired) electrons. The summed E-state index contributed by atoms with van der Waals surface area (Å²) in [6.07, 6.45) is 2.05. The highest BCUT2D eigenvalue weighted by atomic mass is 35.5. The van der Waals surface area contributed by atoms with Crippen molar-refractivity contribution < 1.29 is 5.11 Å². The van der Waals surface area contributed by atoms with Crippen LogP contribution in [0.4, 0.5) is 0 Å². The highest BCUT2D eigenvalue weighted by Gasteiger charge is 2.30. The molecule has 1 heterocycles. The largest absolute Gasteiger partial charge is 0.394 e. The Morgan fingerprint density at radius 2 is 1.96 bits per heavy atom. The van der Waals surface area contributed by atoms with E-state index in [1.807, 2.05) is 24.3 Å². The highest BCUT2D eigenvalue weighted by molar-refractivity contribution is 6.30. The minimum Gasteiger partial charge on any atom is -0.394 e. The van der Waals surface area contributed by atoms with Crippen LogP contribution in [0.3, 0.4) is 0 Å². The van der Waals surface area contributed by atoms with Crippen molar-refractivity contribution in [3.05, 3.63) is 75.8 Å². The Morgan fingerprint density at radius 3 is 2.74 bits per heavy atom. The molecule has 1 atom stereocenters. The average Bonchev–Trinajstić information content (AvgIpc) is 2.94. The van der Waals surface area contributed by atoms with Gasteiger partial charge in [0.1, 0.15) is 0 Å². The molecule has 1 unspecified atom stereocenters. The van der Waals surface area contributed by atoms with Crippen molar-refractivity contribution in [3.63, 3.8) is 0 Å². The first-order valence-corrected chi connectivity index (χ1v) is 8.53. The molecule has 3 heteroatoms. The lowest BCUT2D eigenvalue weighted by Crippen LogP contribution is -2.36. The third-order valence-corrected chi connectivity index (χ3v) is 5.30. The molecule has 0 fully saturated rings. The Kier molecular flexibility index (Phi) is 3.98. The van der Waals surface area contributed by atoms with Gasteiger partial charge in [-0.2, -0.15) is 0 Å². The van der Waals surface area contributed by atoms with Crippen molar-refractivity contribution in [2.75, 3.05) is 19.7 Å². The quantitative estimate of drug-likeness (QED) is 0.918. The lowest BCUT2D eigenvalue weighted by molar-refractivity contribution is 0.130. The maximum atomic E-state index is 9.91. The molecule has 23 heavy (non-hydrogen) atoms. The van der Waals surface area contributed by atoms with Crippen molar-refractivity contribution >= 4 is 17.2 Å². The van der Waals surface area contributed by atoms with Gasteiger partial charge in [-0.3, -0.25) is 4.90 Å². The molecule has 0 bridgehead atoms. The maximum Gasteiger partial charge on any atom is 0.0628 e. The van der Waals surface area contributed by atoms with Crippen molar-refractivity contribution in [1.29, 1.82) is 0 Å². The van der Waals surface area contributed by atoms with Gasteiger partial charge >= 0.3 is 0 Å². The number of nitrogens with zero attached hydrogens (tertiary/aromatic N) is 1. The van der Waals surface area contributed by atoms with E-state index in [0.29, 0.717) is 0 Å². The molecule has 2 nitrogen and oxygen atoms in total. The van der Waals surface area contributed by atoms with E-state index >= 15 is 0 Å². The van der Waals surface area contributed by atoms with Crippen molar-refractivity contribution in [2.24, 2.45) is 0 Å². The summed E-state index contributed by atoms with van der Waals surface area (Å²) in [7, 11) is 0. The number of rotatable bonds is 3. The average molecular weight is 326 g/mol. The number of benzene rings is 2. The van der Waals surface area contributed by atoms with E-state index in [0.717, 1.165) is 31.0 Å². The summed E-state index contributed by atoms with van der Waals surface area (Å²) in [6, 6.07) is 16.6. The minimum atomic E-state index is 0.0811. The molecule has 2 aromatic carbocycles. The van der Waals surface area contributed by atoms with Gasteiger partial charge in [0.2, 0.25) is 0 Å². The fraction of sp³-hybridized carbons (Fsp3) is 0.300. The third-order valence-electron chi connectivity index (χ3n) is 5.07. The second-order valence-corrected chi connectivity index (χ2v) is 6.83. The molecular formula is C20H20ClNO. The van der Waals surface area contributed by atoms with Crippen LogP contribution >= 0.6 is 11.6 Å². The summed E-state index contributed by atoms with van der Waals surface area (Å²) >= 11 is 6.17. The van der Waals surface area contributed by atoms with Gasteiger partial charge in [-0.1, -0.05) is 48.0 Å². The van der Waals surface area contributed by atoms with Crippen LogP contribution in [0, 0.1) is 0 Å². The zero-order chi connectivity index (χ0) is 15.8. The number of fused-ring (bicyclic) bond motifs is 2. The van der Waals surface area contributed by atoms with Crippen molar-refractivity contribution in [3.8, 4) is 0 Å². The van der Waals surface area contributed by atoms with Gasteiger partial charge in [0.15, 0.2) is 0 Å². The summed E-state index contributed by atoms with van der Waals surface area (Å²) in [5.41, 5.74) is 6.89. The van der Waals surface area contributed by atoms with Crippen LogP contribution in [0.5, 0.6) is 0 Å². The number of aliphatic hydroxyl groups excluding tert-OH is 1. The summed E-state index contributed by atoms with van der Waals surface area (Å²) in [5, 5.41) is 10.7. The molecule has 2 aromatic rings. The molecule has 2 aliphatic rings. The first kappa shape index (κ1) is 14.9. The second kappa shape index (κ2) is 6.12. The van der Waals surface area contributed by atoms with Crippen molar-refractivity contribution in [1.82, 2.24) is 4.90 Å². The van der Waals surface area contributed by atoms with E-state index in [-0.39, 0.29) is 12.6 Å². The van der Waals surface area contributed by atoms with Gasteiger partial charge in [0, 0.05) is 18.1 Å². The van der Waals surface area contributed by atoms with Gasteiger partial charge in [-0.25, -0.2) is 0 Å². The van der Waals surface area contributed by atoms with Crippen LogP contribution in [-0.4, -0.2) is 29.7 Å². The van der Waals surface area contributed by atoms with E-state index in [9.17, 15) is 5.11 Å². The van der Waals surface area contributed by atoms with Crippen LogP contribution in [0.1, 0.15) is 29.2 Å².